The van der Waals surface area contributed by atoms with Crippen LogP contribution in [0.25, 0.3) is 11.5 Å². The number of nitrogens with zero attached hydrogens (tertiary/aromatic N) is 3. The molecule has 0 aliphatic heterocycles. The van der Waals surface area contributed by atoms with Crippen molar-refractivity contribution >= 4 is 17.9 Å². The van der Waals surface area contributed by atoms with E-state index in [1.54, 1.807) is 4.90 Å². The molecule has 3 N–H and O–H groups in total. The molecular weight excluding hydrogens is 679 g/mol. The first-order chi connectivity index (χ1) is 24.2. The lowest BCUT2D eigenvalue weighted by molar-refractivity contribution is -0.137. The van der Waals surface area contributed by atoms with E-state index < -0.39 is 72.9 Å². The average molecular weight is 717 g/mol. The Morgan fingerprint density at radius 1 is 0.882 bits per heavy atom. The molecule has 3 amide bonds. The van der Waals surface area contributed by atoms with Crippen LogP contribution < -0.4 is 5.32 Å². The molecule has 10 nitrogen and oxygen atoms in total. The lowest BCUT2D eigenvalue weighted by atomic mass is 9.99. The maximum absolute atomic E-state index is 14.4. The van der Waals surface area contributed by atoms with Gasteiger partial charge in [-0.1, -0.05) is 26.0 Å². The van der Waals surface area contributed by atoms with Crippen molar-refractivity contribution in [2.24, 2.45) is 0 Å². The second-order valence-electron chi connectivity index (χ2n) is 11.9. The smallest absolute Gasteiger partial charge is 0.416 e. The molecule has 1 heterocycles. The minimum atomic E-state index is -4.70. The molecule has 4 rings (SSSR count). The molecule has 3 aromatic carbocycles. The molecule has 0 aliphatic rings. The molecule has 15 heteroatoms. The summed E-state index contributed by atoms with van der Waals surface area (Å²) >= 11 is 0. The number of hydrogen-bond donors (Lipinski definition) is 3. The van der Waals surface area contributed by atoms with Gasteiger partial charge in [-0.3, -0.25) is 9.59 Å². The summed E-state index contributed by atoms with van der Waals surface area (Å²) in [7, 11) is 0. The first-order valence-corrected chi connectivity index (χ1v) is 16.1. The molecule has 0 saturated heterocycles. The molecule has 0 unspecified atom stereocenters. The van der Waals surface area contributed by atoms with Crippen LogP contribution in [0.1, 0.15) is 64.1 Å². The molecule has 51 heavy (non-hydrogen) atoms. The molecule has 272 valence electrons. The van der Waals surface area contributed by atoms with Crippen LogP contribution in [0.2, 0.25) is 0 Å². The molecule has 0 fully saturated rings. The van der Waals surface area contributed by atoms with Gasteiger partial charge in [0.2, 0.25) is 5.89 Å². The number of alkyl halides is 3. The number of nitrogens with one attached hydrogen (secondary N) is 1. The summed E-state index contributed by atoms with van der Waals surface area (Å²) in [5, 5.41) is 22.9. The van der Waals surface area contributed by atoms with Crippen molar-refractivity contribution in [1.82, 2.24) is 20.1 Å². The van der Waals surface area contributed by atoms with E-state index in [1.807, 2.05) is 13.8 Å². The Kier molecular flexibility index (Phi) is 12.9. The molecule has 0 spiro atoms. The van der Waals surface area contributed by atoms with Crippen LogP contribution in [-0.4, -0.2) is 74.7 Å². The summed E-state index contributed by atoms with van der Waals surface area (Å²) in [6.45, 7) is 3.53. The largest absolute Gasteiger partial charge is 0.465 e. The SMILES string of the molecule is CCCN(CCC)C(=O)c1cc(C(=O)N(Cc2cccc(C(F)(F)F)c2)C[C@H](O)[C@H](Cc2cc(F)cc(F)c2)NC(=O)O)cc(-c2ncco2)c1. The van der Waals surface area contributed by atoms with E-state index in [1.165, 1.54) is 36.7 Å². The molecule has 0 bridgehead atoms. The Labute approximate surface area is 290 Å². The van der Waals surface area contributed by atoms with Crippen molar-refractivity contribution in [2.45, 2.75) is 58.0 Å². The highest BCUT2D eigenvalue weighted by atomic mass is 19.4. The van der Waals surface area contributed by atoms with E-state index in [-0.39, 0.29) is 33.7 Å². The predicted molar refractivity (Wildman–Crippen MR) is 176 cm³/mol. The van der Waals surface area contributed by atoms with E-state index in [0.717, 1.165) is 35.2 Å². The van der Waals surface area contributed by atoms with Gasteiger partial charge in [-0.2, -0.15) is 13.2 Å². The van der Waals surface area contributed by atoms with Crippen LogP contribution >= 0.6 is 0 Å². The van der Waals surface area contributed by atoms with Gasteiger partial charge in [0, 0.05) is 48.9 Å². The van der Waals surface area contributed by atoms with Crippen molar-refractivity contribution in [3.05, 3.63) is 113 Å². The van der Waals surface area contributed by atoms with Crippen LogP contribution in [-0.2, 0) is 19.1 Å². The second kappa shape index (κ2) is 17.1. The van der Waals surface area contributed by atoms with Gasteiger partial charge in [-0.05, 0) is 72.9 Å². The minimum absolute atomic E-state index is 0.00780. The average Bonchev–Trinajstić information content (AvgIpc) is 3.61. The van der Waals surface area contributed by atoms with Crippen molar-refractivity contribution in [3.63, 3.8) is 0 Å². The number of halogens is 5. The monoisotopic (exact) mass is 716 g/mol. The molecule has 2 atom stereocenters. The third-order valence-corrected chi connectivity index (χ3v) is 7.85. The van der Waals surface area contributed by atoms with Gasteiger partial charge in [-0.15, -0.1) is 0 Å². The van der Waals surface area contributed by atoms with Gasteiger partial charge in [0.25, 0.3) is 11.8 Å². The van der Waals surface area contributed by atoms with E-state index >= 15 is 0 Å². The Morgan fingerprint density at radius 3 is 2.06 bits per heavy atom. The highest BCUT2D eigenvalue weighted by molar-refractivity contribution is 6.01. The fraction of sp³-hybridized carbons (Fsp3) is 0.333. The zero-order valence-corrected chi connectivity index (χ0v) is 27.8. The Hall–Kier alpha value is -5.31. The zero-order valence-electron chi connectivity index (χ0n) is 27.8. The van der Waals surface area contributed by atoms with Crippen LogP contribution in [0, 0.1) is 11.6 Å². The normalized spacial score (nSPS) is 12.6. The van der Waals surface area contributed by atoms with Crippen molar-refractivity contribution < 1.29 is 51.0 Å². The summed E-state index contributed by atoms with van der Waals surface area (Å²) in [5.74, 6) is -3.03. The molecule has 1 aromatic heterocycles. The summed E-state index contributed by atoms with van der Waals surface area (Å²) in [6, 6.07) is 9.47. The second-order valence-corrected chi connectivity index (χ2v) is 11.9. The predicted octanol–water partition coefficient (Wildman–Crippen LogP) is 6.78. The van der Waals surface area contributed by atoms with Crippen molar-refractivity contribution in [1.29, 1.82) is 0 Å². The maximum Gasteiger partial charge on any atom is 0.416 e. The van der Waals surface area contributed by atoms with Gasteiger partial charge < -0.3 is 29.7 Å². The molecule has 0 saturated carbocycles. The van der Waals surface area contributed by atoms with E-state index in [9.17, 15) is 46.5 Å². The quantitative estimate of drug-likeness (QED) is 0.115. The number of carboxylic acid groups (broad SMARTS) is 1. The third-order valence-electron chi connectivity index (χ3n) is 7.85. The minimum Gasteiger partial charge on any atom is -0.465 e. The molecule has 4 aromatic rings. The van der Waals surface area contributed by atoms with Gasteiger partial charge >= 0.3 is 12.3 Å². The number of amides is 3. The van der Waals surface area contributed by atoms with Gasteiger partial charge in [0.1, 0.15) is 17.9 Å². The number of oxazole rings is 1. The van der Waals surface area contributed by atoms with E-state index in [2.05, 4.69) is 10.3 Å². The number of aliphatic hydroxyl groups is 1. The summed E-state index contributed by atoms with van der Waals surface area (Å²) < 4.78 is 74.2. The van der Waals surface area contributed by atoms with Crippen LogP contribution in [0.5, 0.6) is 0 Å². The Balaban J connectivity index is 1.78. The fourth-order valence-corrected chi connectivity index (χ4v) is 5.65. The van der Waals surface area contributed by atoms with E-state index in [4.69, 9.17) is 4.42 Å². The van der Waals surface area contributed by atoms with Crippen LogP contribution in [0.3, 0.4) is 0 Å². The van der Waals surface area contributed by atoms with Gasteiger partial charge in [0.05, 0.1) is 23.9 Å². The standard InChI is InChI=1S/C36H37F5N4O6/c1-3-9-44(10-4-2)33(47)25-16-24(32-42-8-11-51-32)17-26(18-25)34(48)45(20-22-6-5-7-27(12-22)36(39,40)41)21-31(46)30(43-35(49)50)15-23-13-28(37)19-29(38)14-23/h5-8,11-14,16-19,30-31,43,46H,3-4,9-10,15,20-21H2,1-2H3,(H,49,50)/t30-,31-/m0/s1. The van der Waals surface area contributed by atoms with Crippen LogP contribution in [0.15, 0.2) is 77.5 Å². The Bertz CT molecular complexity index is 1790. The third kappa shape index (κ3) is 10.6. The van der Waals surface area contributed by atoms with Crippen molar-refractivity contribution in [2.75, 3.05) is 19.6 Å². The highest BCUT2D eigenvalue weighted by Gasteiger charge is 2.32. The summed E-state index contributed by atoms with van der Waals surface area (Å²) in [4.78, 5) is 46.5. The number of carbonyl (C=O) groups is 3. The lowest BCUT2D eigenvalue weighted by Gasteiger charge is -2.30. The van der Waals surface area contributed by atoms with Gasteiger partial charge in [-0.25, -0.2) is 18.6 Å². The van der Waals surface area contributed by atoms with Crippen LogP contribution in [0.4, 0.5) is 26.7 Å². The number of rotatable bonds is 15. The Morgan fingerprint density at radius 2 is 1.51 bits per heavy atom. The molecular formula is C36H37F5N4O6. The summed E-state index contributed by atoms with van der Waals surface area (Å²) in [6.07, 6.45) is -4.45. The first kappa shape index (κ1) is 38.5. The number of carbonyl (C=O) groups excluding carboxylic acids is 2. The highest BCUT2D eigenvalue weighted by Crippen LogP contribution is 2.30. The molecule has 0 aliphatic carbocycles. The lowest BCUT2D eigenvalue weighted by Crippen LogP contribution is -2.50. The number of benzene rings is 3. The topological polar surface area (TPSA) is 136 Å². The number of aliphatic hydroxyl groups excluding tert-OH is 1. The summed E-state index contributed by atoms with van der Waals surface area (Å²) in [5.41, 5.74) is -0.716. The molecule has 0 radical (unpaired) electrons. The first-order valence-electron chi connectivity index (χ1n) is 16.1. The van der Waals surface area contributed by atoms with Gasteiger partial charge in [0.15, 0.2) is 0 Å². The van der Waals surface area contributed by atoms with E-state index in [0.29, 0.717) is 32.0 Å². The fourth-order valence-electron chi connectivity index (χ4n) is 5.65. The number of aromatic nitrogens is 1. The number of hydrogen-bond acceptors (Lipinski definition) is 6. The zero-order chi connectivity index (χ0) is 37.3. The van der Waals surface area contributed by atoms with Crippen molar-refractivity contribution in [3.8, 4) is 11.5 Å². The maximum atomic E-state index is 14.4.